The van der Waals surface area contributed by atoms with Gasteiger partial charge in [0.05, 0.1) is 25.6 Å². The van der Waals surface area contributed by atoms with E-state index in [1.54, 1.807) is 36.1 Å². The van der Waals surface area contributed by atoms with Crippen molar-refractivity contribution in [2.75, 3.05) is 14.2 Å². The average Bonchev–Trinajstić information content (AvgIpc) is 3.13. The molecule has 0 aliphatic heterocycles. The van der Waals surface area contributed by atoms with Crippen LogP contribution in [0.2, 0.25) is 0 Å². The van der Waals surface area contributed by atoms with Gasteiger partial charge in [-0.05, 0) is 49.1 Å². The SMILES string of the molecule is COc1ccc(C(=O)Oc2cc(C(C)C)nn2-c2cccc(C)c2C)c(OC)c1. The van der Waals surface area contributed by atoms with Gasteiger partial charge in [-0.3, -0.25) is 0 Å². The third-order valence-corrected chi connectivity index (χ3v) is 4.92. The van der Waals surface area contributed by atoms with Crippen molar-refractivity contribution in [1.29, 1.82) is 0 Å². The lowest BCUT2D eigenvalue weighted by atomic mass is 10.1. The van der Waals surface area contributed by atoms with Crippen LogP contribution < -0.4 is 14.2 Å². The Morgan fingerprint density at radius 1 is 1.03 bits per heavy atom. The number of aromatic nitrogens is 2. The number of hydrogen-bond acceptors (Lipinski definition) is 5. The van der Waals surface area contributed by atoms with E-state index in [0.717, 1.165) is 22.5 Å². The number of benzene rings is 2. The smallest absolute Gasteiger partial charge is 0.348 e. The zero-order chi connectivity index (χ0) is 21.1. The molecule has 0 saturated carbocycles. The minimum absolute atomic E-state index is 0.189. The predicted molar refractivity (Wildman–Crippen MR) is 112 cm³/mol. The van der Waals surface area contributed by atoms with Crippen LogP contribution in [-0.2, 0) is 0 Å². The summed E-state index contributed by atoms with van der Waals surface area (Å²) in [6.45, 7) is 8.17. The molecule has 0 bridgehead atoms. The van der Waals surface area contributed by atoms with Gasteiger partial charge in [0.2, 0.25) is 5.88 Å². The lowest BCUT2D eigenvalue weighted by Crippen LogP contribution is -2.13. The van der Waals surface area contributed by atoms with Gasteiger partial charge in [-0.15, -0.1) is 0 Å². The van der Waals surface area contributed by atoms with E-state index >= 15 is 0 Å². The van der Waals surface area contributed by atoms with Crippen molar-refractivity contribution in [1.82, 2.24) is 9.78 Å². The molecular formula is C23H26N2O4. The highest BCUT2D eigenvalue weighted by Crippen LogP contribution is 2.29. The number of hydrogen-bond donors (Lipinski definition) is 0. The molecule has 29 heavy (non-hydrogen) atoms. The fraction of sp³-hybridized carbons (Fsp3) is 0.304. The molecule has 0 spiro atoms. The molecule has 0 saturated heterocycles. The van der Waals surface area contributed by atoms with Gasteiger partial charge in [-0.25, -0.2) is 9.48 Å². The maximum absolute atomic E-state index is 12.9. The zero-order valence-electron chi connectivity index (χ0n) is 17.6. The van der Waals surface area contributed by atoms with Gasteiger partial charge in [-0.2, -0.15) is 5.10 Å². The minimum Gasteiger partial charge on any atom is -0.497 e. The molecule has 0 atom stereocenters. The summed E-state index contributed by atoms with van der Waals surface area (Å²) in [5, 5.41) is 4.69. The summed E-state index contributed by atoms with van der Waals surface area (Å²) in [6.07, 6.45) is 0. The normalized spacial score (nSPS) is 10.9. The van der Waals surface area contributed by atoms with E-state index in [1.807, 2.05) is 45.9 Å². The van der Waals surface area contributed by atoms with Crippen molar-refractivity contribution in [3.8, 4) is 23.1 Å². The molecule has 1 heterocycles. The van der Waals surface area contributed by atoms with E-state index in [1.165, 1.54) is 7.11 Å². The molecule has 0 N–H and O–H groups in total. The highest BCUT2D eigenvalue weighted by molar-refractivity contribution is 5.94. The molecule has 0 aliphatic rings. The Hall–Kier alpha value is -3.28. The first-order valence-corrected chi connectivity index (χ1v) is 9.46. The van der Waals surface area contributed by atoms with Crippen LogP contribution in [0.1, 0.15) is 46.9 Å². The summed E-state index contributed by atoms with van der Waals surface area (Å²) in [5.41, 5.74) is 4.24. The first-order valence-electron chi connectivity index (χ1n) is 9.46. The molecule has 1 aromatic heterocycles. The van der Waals surface area contributed by atoms with Gasteiger partial charge < -0.3 is 14.2 Å². The van der Waals surface area contributed by atoms with E-state index in [0.29, 0.717) is 22.9 Å². The fourth-order valence-electron chi connectivity index (χ4n) is 2.99. The summed E-state index contributed by atoms with van der Waals surface area (Å²) in [4.78, 5) is 12.9. The van der Waals surface area contributed by atoms with Gasteiger partial charge in [0, 0.05) is 12.1 Å². The van der Waals surface area contributed by atoms with E-state index in [2.05, 4.69) is 5.10 Å². The second-order valence-corrected chi connectivity index (χ2v) is 7.15. The molecule has 6 heteroatoms. The monoisotopic (exact) mass is 394 g/mol. The topological polar surface area (TPSA) is 62.6 Å². The Labute approximate surface area is 171 Å². The highest BCUT2D eigenvalue weighted by Gasteiger charge is 2.21. The standard InChI is InChI=1S/C23H26N2O4/c1-14(2)19-13-22(25(24-19)20-9-7-8-15(3)16(20)4)29-23(26)18-11-10-17(27-5)12-21(18)28-6/h7-14H,1-6H3. The Morgan fingerprint density at radius 2 is 1.79 bits per heavy atom. The van der Waals surface area contributed by atoms with E-state index in [-0.39, 0.29) is 5.92 Å². The lowest BCUT2D eigenvalue weighted by Gasteiger charge is -2.13. The molecule has 6 nitrogen and oxygen atoms in total. The van der Waals surface area contributed by atoms with Crippen LogP contribution in [0.15, 0.2) is 42.5 Å². The summed E-state index contributed by atoms with van der Waals surface area (Å²) in [6, 6.07) is 12.7. The van der Waals surface area contributed by atoms with Crippen LogP contribution in [0.5, 0.6) is 17.4 Å². The second kappa shape index (κ2) is 8.39. The number of esters is 1. The second-order valence-electron chi connectivity index (χ2n) is 7.15. The van der Waals surface area contributed by atoms with Crippen LogP contribution in [0.4, 0.5) is 0 Å². The minimum atomic E-state index is -0.522. The number of rotatable bonds is 6. The van der Waals surface area contributed by atoms with Gasteiger partial charge in [0.25, 0.3) is 0 Å². The quantitative estimate of drug-likeness (QED) is 0.559. The number of carbonyl (C=O) groups excluding carboxylic acids is 1. The number of methoxy groups -OCH3 is 2. The molecule has 0 fully saturated rings. The highest BCUT2D eigenvalue weighted by atomic mass is 16.5. The third-order valence-electron chi connectivity index (χ3n) is 4.92. The molecule has 0 radical (unpaired) electrons. The predicted octanol–water partition coefficient (Wildman–Crippen LogP) is 4.85. The average molecular weight is 394 g/mol. The Bertz CT molecular complexity index is 1040. The molecule has 152 valence electrons. The van der Waals surface area contributed by atoms with Gasteiger partial charge >= 0.3 is 5.97 Å². The summed E-state index contributed by atoms with van der Waals surface area (Å²) in [7, 11) is 3.06. The van der Waals surface area contributed by atoms with Gasteiger partial charge in [-0.1, -0.05) is 26.0 Å². The molecule has 0 unspecified atom stereocenters. The third kappa shape index (κ3) is 4.11. The molecule has 3 aromatic rings. The van der Waals surface area contributed by atoms with Crippen molar-refractivity contribution in [3.05, 3.63) is 64.8 Å². The first kappa shape index (κ1) is 20.5. The summed E-state index contributed by atoms with van der Waals surface area (Å²) >= 11 is 0. The number of nitrogens with zero attached hydrogens (tertiary/aromatic N) is 2. The lowest BCUT2D eigenvalue weighted by molar-refractivity contribution is 0.0719. The van der Waals surface area contributed by atoms with Gasteiger partial charge in [0.15, 0.2) is 0 Å². The van der Waals surface area contributed by atoms with E-state index < -0.39 is 5.97 Å². The van der Waals surface area contributed by atoms with E-state index in [9.17, 15) is 4.79 Å². The molecule has 0 amide bonds. The number of aryl methyl sites for hydroxylation is 1. The molecule has 2 aromatic carbocycles. The maximum atomic E-state index is 12.9. The van der Waals surface area contributed by atoms with E-state index in [4.69, 9.17) is 14.2 Å². The Morgan fingerprint density at radius 3 is 2.45 bits per heavy atom. The van der Waals surface area contributed by atoms with Crippen molar-refractivity contribution < 1.29 is 19.0 Å². The summed E-state index contributed by atoms with van der Waals surface area (Å²) in [5.74, 6) is 1.02. The molecular weight excluding hydrogens is 368 g/mol. The fourth-order valence-corrected chi connectivity index (χ4v) is 2.99. The maximum Gasteiger partial charge on any atom is 0.348 e. The summed E-state index contributed by atoms with van der Waals surface area (Å²) < 4.78 is 18.0. The number of carbonyl (C=O) groups is 1. The van der Waals surface area contributed by atoms with Crippen molar-refractivity contribution >= 4 is 5.97 Å². The zero-order valence-corrected chi connectivity index (χ0v) is 17.6. The van der Waals surface area contributed by atoms with Crippen LogP contribution in [0.25, 0.3) is 5.69 Å². The Balaban J connectivity index is 2.03. The van der Waals surface area contributed by atoms with Crippen LogP contribution in [0, 0.1) is 13.8 Å². The van der Waals surface area contributed by atoms with Crippen LogP contribution in [-0.4, -0.2) is 30.0 Å². The van der Waals surface area contributed by atoms with Crippen molar-refractivity contribution in [3.63, 3.8) is 0 Å². The van der Waals surface area contributed by atoms with Gasteiger partial charge in [0.1, 0.15) is 17.1 Å². The number of ether oxygens (including phenoxy) is 3. The molecule has 0 aliphatic carbocycles. The van der Waals surface area contributed by atoms with Crippen LogP contribution >= 0.6 is 0 Å². The Kier molecular flexibility index (Phi) is 5.92. The first-order chi connectivity index (χ1) is 13.8. The molecule has 3 rings (SSSR count). The van der Waals surface area contributed by atoms with Crippen molar-refractivity contribution in [2.24, 2.45) is 0 Å². The van der Waals surface area contributed by atoms with Crippen LogP contribution in [0.3, 0.4) is 0 Å². The largest absolute Gasteiger partial charge is 0.497 e. The van der Waals surface area contributed by atoms with Crippen molar-refractivity contribution in [2.45, 2.75) is 33.6 Å².